The molecule has 2 heterocycles. The Bertz CT molecular complexity index is 470. The monoisotopic (exact) mass is 217 g/mol. The summed E-state index contributed by atoms with van der Waals surface area (Å²) in [6.45, 7) is 0.509. The zero-order chi connectivity index (χ0) is 11.0. The fourth-order valence-corrected chi connectivity index (χ4v) is 1.87. The van der Waals surface area contributed by atoms with Crippen molar-refractivity contribution in [2.24, 2.45) is 10.2 Å². The van der Waals surface area contributed by atoms with Crippen molar-refractivity contribution in [3.63, 3.8) is 0 Å². The van der Waals surface area contributed by atoms with Crippen LogP contribution in [0.3, 0.4) is 0 Å². The summed E-state index contributed by atoms with van der Waals surface area (Å²) >= 11 is 0. The summed E-state index contributed by atoms with van der Waals surface area (Å²) in [4.78, 5) is 2.02. The van der Waals surface area contributed by atoms with Crippen LogP contribution in [0.15, 0.2) is 46.6 Å². The normalized spacial score (nSPS) is 21.2. The Kier molecular flexibility index (Phi) is 2.11. The maximum atomic E-state index is 5.47. The van der Waals surface area contributed by atoms with Gasteiger partial charge in [-0.1, -0.05) is 12.1 Å². The van der Waals surface area contributed by atoms with Crippen molar-refractivity contribution >= 4 is 5.69 Å². The minimum absolute atomic E-state index is 0.0960. The zero-order valence-electron chi connectivity index (χ0n) is 8.83. The lowest BCUT2D eigenvalue weighted by Crippen LogP contribution is -2.33. The molecular formula is C11H11N3O2. The van der Waals surface area contributed by atoms with E-state index in [1.165, 1.54) is 0 Å². The molecule has 0 saturated heterocycles. The molecule has 1 aromatic rings. The molecule has 0 radical (unpaired) electrons. The summed E-state index contributed by atoms with van der Waals surface area (Å²) < 4.78 is 10.6. The highest BCUT2D eigenvalue weighted by Crippen LogP contribution is 2.39. The van der Waals surface area contributed by atoms with Gasteiger partial charge in [0.05, 0.1) is 12.3 Å². The highest BCUT2D eigenvalue weighted by Gasteiger charge is 2.32. The fraction of sp³-hybridized carbons (Fsp3) is 0.273. The van der Waals surface area contributed by atoms with Crippen LogP contribution in [-0.4, -0.2) is 19.9 Å². The van der Waals surface area contributed by atoms with Crippen molar-refractivity contribution in [1.82, 2.24) is 0 Å². The number of anilines is 1. The first kappa shape index (κ1) is 9.35. The number of hydrogen-bond acceptors (Lipinski definition) is 5. The van der Waals surface area contributed by atoms with Gasteiger partial charge in [-0.3, -0.25) is 4.90 Å². The lowest BCUT2D eigenvalue weighted by Gasteiger charge is -2.28. The van der Waals surface area contributed by atoms with Gasteiger partial charge in [-0.25, -0.2) is 0 Å². The number of methoxy groups -OCH3 is 1. The maximum Gasteiger partial charge on any atom is 0.192 e. The van der Waals surface area contributed by atoms with E-state index in [9.17, 15) is 0 Å². The van der Waals surface area contributed by atoms with Crippen molar-refractivity contribution in [2.75, 3.05) is 18.6 Å². The van der Waals surface area contributed by atoms with Gasteiger partial charge in [0.25, 0.3) is 0 Å². The van der Waals surface area contributed by atoms with Gasteiger partial charge in [0.2, 0.25) is 0 Å². The highest BCUT2D eigenvalue weighted by molar-refractivity contribution is 5.65. The highest BCUT2D eigenvalue weighted by atomic mass is 16.5. The fourth-order valence-electron chi connectivity index (χ4n) is 1.87. The summed E-state index contributed by atoms with van der Waals surface area (Å²) in [7, 11) is 1.66. The summed E-state index contributed by atoms with van der Waals surface area (Å²) in [5, 5.41) is 8.21. The smallest absolute Gasteiger partial charge is 0.192 e. The SMILES string of the molecule is COCC1N=NC2=COc3ccccc3N21. The molecule has 1 atom stereocenters. The largest absolute Gasteiger partial charge is 0.459 e. The number of nitrogens with zero attached hydrogens (tertiary/aromatic N) is 3. The lowest BCUT2D eigenvalue weighted by atomic mass is 10.2. The van der Waals surface area contributed by atoms with Crippen molar-refractivity contribution in [2.45, 2.75) is 6.17 Å². The van der Waals surface area contributed by atoms with Crippen molar-refractivity contribution < 1.29 is 9.47 Å². The molecule has 0 amide bonds. The van der Waals surface area contributed by atoms with Gasteiger partial charge in [-0.15, -0.1) is 5.11 Å². The van der Waals surface area contributed by atoms with Crippen LogP contribution in [0, 0.1) is 0 Å². The molecule has 0 fully saturated rings. The molecule has 0 spiro atoms. The predicted molar refractivity (Wildman–Crippen MR) is 58.2 cm³/mol. The van der Waals surface area contributed by atoms with Crippen molar-refractivity contribution in [3.8, 4) is 5.75 Å². The second kappa shape index (κ2) is 3.61. The van der Waals surface area contributed by atoms with E-state index in [1.54, 1.807) is 13.4 Å². The number of ether oxygens (including phenoxy) is 2. The molecule has 5 nitrogen and oxygen atoms in total. The number of fused-ring (bicyclic) bond motifs is 3. The molecular weight excluding hydrogens is 206 g/mol. The number of rotatable bonds is 2. The van der Waals surface area contributed by atoms with E-state index in [-0.39, 0.29) is 6.17 Å². The van der Waals surface area contributed by atoms with Gasteiger partial charge >= 0.3 is 0 Å². The Morgan fingerprint density at radius 3 is 3.19 bits per heavy atom. The van der Waals surface area contributed by atoms with Crippen LogP contribution >= 0.6 is 0 Å². The van der Waals surface area contributed by atoms with E-state index >= 15 is 0 Å². The van der Waals surface area contributed by atoms with Gasteiger partial charge in [-0.2, -0.15) is 5.11 Å². The van der Waals surface area contributed by atoms with Gasteiger partial charge in [0.15, 0.2) is 12.0 Å². The summed E-state index contributed by atoms with van der Waals surface area (Å²) in [6.07, 6.45) is 1.52. The Labute approximate surface area is 93.0 Å². The second-order valence-corrected chi connectivity index (χ2v) is 3.58. The Balaban J connectivity index is 2.01. The van der Waals surface area contributed by atoms with Gasteiger partial charge in [0.1, 0.15) is 12.0 Å². The van der Waals surface area contributed by atoms with Crippen LogP contribution in [0.25, 0.3) is 0 Å². The minimum atomic E-state index is -0.0960. The molecule has 16 heavy (non-hydrogen) atoms. The molecule has 5 heteroatoms. The summed E-state index contributed by atoms with van der Waals surface area (Å²) in [5.74, 6) is 1.54. The Morgan fingerprint density at radius 1 is 1.44 bits per heavy atom. The quantitative estimate of drug-likeness (QED) is 0.762. The van der Waals surface area contributed by atoms with Crippen LogP contribution in [0.1, 0.15) is 0 Å². The van der Waals surface area contributed by atoms with Crippen molar-refractivity contribution in [3.05, 3.63) is 36.3 Å². The van der Waals surface area contributed by atoms with Crippen LogP contribution in [-0.2, 0) is 4.74 Å². The molecule has 0 aromatic heterocycles. The first-order valence-corrected chi connectivity index (χ1v) is 5.05. The average Bonchev–Trinajstić information content (AvgIpc) is 2.73. The first-order valence-electron chi connectivity index (χ1n) is 5.05. The number of benzene rings is 1. The van der Waals surface area contributed by atoms with E-state index in [0.717, 1.165) is 17.3 Å². The third-order valence-corrected chi connectivity index (χ3v) is 2.57. The zero-order valence-corrected chi connectivity index (χ0v) is 8.83. The minimum Gasteiger partial charge on any atom is -0.459 e. The lowest BCUT2D eigenvalue weighted by molar-refractivity contribution is 0.182. The third-order valence-electron chi connectivity index (χ3n) is 2.57. The summed E-state index contributed by atoms with van der Waals surface area (Å²) in [6, 6.07) is 7.81. The molecule has 0 bridgehead atoms. The molecule has 2 aliphatic rings. The molecule has 2 aliphatic heterocycles. The predicted octanol–water partition coefficient (Wildman–Crippen LogP) is 2.12. The standard InChI is InChI=1S/C11H11N3O2/c1-15-6-10-12-13-11-7-16-9-5-3-2-4-8(9)14(10)11/h2-5,7,10H,6H2,1H3. The maximum absolute atomic E-state index is 5.47. The molecule has 1 unspecified atom stereocenters. The van der Waals surface area contributed by atoms with Crippen LogP contribution in [0.5, 0.6) is 5.75 Å². The van der Waals surface area contributed by atoms with E-state index < -0.39 is 0 Å². The topological polar surface area (TPSA) is 46.4 Å². The van der Waals surface area contributed by atoms with Gasteiger partial charge in [0, 0.05) is 7.11 Å². The third kappa shape index (κ3) is 1.29. The van der Waals surface area contributed by atoms with Gasteiger partial charge < -0.3 is 9.47 Å². The average molecular weight is 217 g/mol. The number of azo groups is 1. The van der Waals surface area contributed by atoms with Crippen LogP contribution in [0.2, 0.25) is 0 Å². The second-order valence-electron chi connectivity index (χ2n) is 3.58. The molecule has 1 aromatic carbocycles. The number of para-hydroxylation sites is 2. The number of hydrogen-bond donors (Lipinski definition) is 0. The molecule has 0 N–H and O–H groups in total. The molecule has 0 aliphatic carbocycles. The first-order chi connectivity index (χ1) is 7.90. The van der Waals surface area contributed by atoms with E-state index in [4.69, 9.17) is 9.47 Å². The Morgan fingerprint density at radius 2 is 2.31 bits per heavy atom. The van der Waals surface area contributed by atoms with Crippen LogP contribution < -0.4 is 9.64 Å². The van der Waals surface area contributed by atoms with E-state index in [1.807, 2.05) is 29.2 Å². The van der Waals surface area contributed by atoms with E-state index in [0.29, 0.717) is 6.61 Å². The summed E-state index contributed by atoms with van der Waals surface area (Å²) in [5.41, 5.74) is 0.979. The molecule has 82 valence electrons. The van der Waals surface area contributed by atoms with Crippen LogP contribution in [0.4, 0.5) is 5.69 Å². The van der Waals surface area contributed by atoms with E-state index in [2.05, 4.69) is 10.2 Å². The Hall–Kier alpha value is -1.88. The molecule has 0 saturated carbocycles. The van der Waals surface area contributed by atoms with Crippen molar-refractivity contribution in [1.29, 1.82) is 0 Å². The van der Waals surface area contributed by atoms with Gasteiger partial charge in [-0.05, 0) is 12.1 Å². The molecule has 3 rings (SSSR count).